The molecule has 0 saturated carbocycles. The summed E-state index contributed by atoms with van der Waals surface area (Å²) < 4.78 is 18.7. The lowest BCUT2D eigenvalue weighted by molar-refractivity contribution is 0.301. The van der Waals surface area contributed by atoms with Crippen LogP contribution in [0.5, 0.6) is 5.75 Å². The largest absolute Gasteiger partial charge is 0.489 e. The van der Waals surface area contributed by atoms with Gasteiger partial charge in [-0.2, -0.15) is 0 Å². The van der Waals surface area contributed by atoms with Gasteiger partial charge in [-0.05, 0) is 41.3 Å². The highest BCUT2D eigenvalue weighted by Gasteiger charge is 2.26. The lowest BCUT2D eigenvalue weighted by Crippen LogP contribution is -2.28. The van der Waals surface area contributed by atoms with Crippen LogP contribution >= 0.6 is 0 Å². The zero-order chi connectivity index (χ0) is 16.2. The van der Waals surface area contributed by atoms with Crippen LogP contribution in [-0.4, -0.2) is 24.0 Å². The summed E-state index contributed by atoms with van der Waals surface area (Å²) in [6.07, 6.45) is 0. The molecule has 2 aromatic rings. The van der Waals surface area contributed by atoms with Gasteiger partial charge in [-0.1, -0.05) is 31.2 Å². The van der Waals surface area contributed by atoms with Crippen molar-refractivity contribution in [2.45, 2.75) is 26.1 Å². The molecule has 1 aliphatic heterocycles. The molecule has 2 atom stereocenters. The van der Waals surface area contributed by atoms with Gasteiger partial charge < -0.3 is 10.5 Å². The Morgan fingerprint density at radius 1 is 1.13 bits per heavy atom. The molecule has 1 saturated heterocycles. The summed E-state index contributed by atoms with van der Waals surface area (Å²) in [6, 6.07) is 14.8. The Kier molecular flexibility index (Phi) is 4.94. The van der Waals surface area contributed by atoms with Crippen LogP contribution in [0.15, 0.2) is 48.5 Å². The highest BCUT2D eigenvalue weighted by atomic mass is 19.1. The van der Waals surface area contributed by atoms with Crippen molar-refractivity contribution >= 4 is 0 Å². The molecular weight excluding hydrogens is 291 g/mol. The number of benzene rings is 2. The average Bonchev–Trinajstić information content (AvgIpc) is 2.85. The monoisotopic (exact) mass is 314 g/mol. The molecule has 23 heavy (non-hydrogen) atoms. The summed E-state index contributed by atoms with van der Waals surface area (Å²) in [7, 11) is 0. The molecule has 0 aliphatic carbocycles. The fourth-order valence-electron chi connectivity index (χ4n) is 2.96. The molecule has 3 nitrogen and oxygen atoms in total. The summed E-state index contributed by atoms with van der Waals surface area (Å²) in [5, 5.41) is 0. The first-order chi connectivity index (χ1) is 11.1. The number of nitrogens with two attached hydrogens (primary N) is 1. The van der Waals surface area contributed by atoms with E-state index in [-0.39, 0.29) is 11.9 Å². The van der Waals surface area contributed by atoms with Crippen LogP contribution in [-0.2, 0) is 13.2 Å². The Hall–Kier alpha value is -1.91. The Morgan fingerprint density at radius 3 is 2.61 bits per heavy atom. The highest BCUT2D eigenvalue weighted by Crippen LogP contribution is 2.20. The van der Waals surface area contributed by atoms with Gasteiger partial charge in [0.1, 0.15) is 18.2 Å². The first-order valence-electron chi connectivity index (χ1n) is 8.04. The van der Waals surface area contributed by atoms with E-state index >= 15 is 0 Å². The van der Waals surface area contributed by atoms with E-state index in [2.05, 4.69) is 24.0 Å². The van der Waals surface area contributed by atoms with Gasteiger partial charge in [-0.25, -0.2) is 4.39 Å². The Bertz CT molecular complexity index is 634. The standard InChI is InChI=1S/C19H23FN2O/c1-14-10-22(12-19(14)21)11-16-3-2-4-18(9-16)23-13-15-5-7-17(20)8-6-15/h2-9,14,19H,10-13,21H2,1H3. The summed E-state index contributed by atoms with van der Waals surface area (Å²) >= 11 is 0. The van der Waals surface area contributed by atoms with Gasteiger partial charge in [0.2, 0.25) is 0 Å². The predicted octanol–water partition coefficient (Wildman–Crippen LogP) is 3.18. The number of halogens is 1. The first-order valence-corrected chi connectivity index (χ1v) is 8.04. The lowest BCUT2D eigenvalue weighted by Gasteiger charge is -2.16. The van der Waals surface area contributed by atoms with Crippen LogP contribution in [0, 0.1) is 11.7 Å². The van der Waals surface area contributed by atoms with E-state index in [0.717, 1.165) is 30.9 Å². The van der Waals surface area contributed by atoms with E-state index < -0.39 is 0 Å². The van der Waals surface area contributed by atoms with Gasteiger partial charge in [0.15, 0.2) is 0 Å². The maximum atomic E-state index is 12.9. The van der Waals surface area contributed by atoms with Crippen molar-refractivity contribution in [3.8, 4) is 5.75 Å². The zero-order valence-corrected chi connectivity index (χ0v) is 13.4. The van der Waals surface area contributed by atoms with Gasteiger partial charge in [-0.3, -0.25) is 4.90 Å². The molecule has 0 radical (unpaired) electrons. The summed E-state index contributed by atoms with van der Waals surface area (Å²) in [6.45, 7) is 5.53. The predicted molar refractivity (Wildman–Crippen MR) is 89.6 cm³/mol. The molecule has 4 heteroatoms. The maximum Gasteiger partial charge on any atom is 0.123 e. The third kappa shape index (κ3) is 4.30. The molecule has 1 aliphatic rings. The smallest absolute Gasteiger partial charge is 0.123 e. The van der Waals surface area contributed by atoms with E-state index in [1.807, 2.05) is 12.1 Å². The van der Waals surface area contributed by atoms with E-state index in [9.17, 15) is 4.39 Å². The van der Waals surface area contributed by atoms with Crippen molar-refractivity contribution in [3.63, 3.8) is 0 Å². The van der Waals surface area contributed by atoms with Crippen LogP contribution in [0.25, 0.3) is 0 Å². The number of nitrogens with zero attached hydrogens (tertiary/aromatic N) is 1. The molecule has 0 bridgehead atoms. The maximum absolute atomic E-state index is 12.9. The van der Waals surface area contributed by atoms with Crippen molar-refractivity contribution in [2.75, 3.05) is 13.1 Å². The van der Waals surface area contributed by atoms with Gasteiger partial charge >= 0.3 is 0 Å². The van der Waals surface area contributed by atoms with E-state index in [0.29, 0.717) is 12.5 Å². The number of rotatable bonds is 5. The number of ether oxygens (including phenoxy) is 1. The zero-order valence-electron chi connectivity index (χ0n) is 13.4. The molecule has 1 heterocycles. The fourth-order valence-corrected chi connectivity index (χ4v) is 2.96. The van der Waals surface area contributed by atoms with Crippen molar-refractivity contribution in [3.05, 3.63) is 65.5 Å². The van der Waals surface area contributed by atoms with E-state index in [1.54, 1.807) is 12.1 Å². The molecular formula is C19H23FN2O. The van der Waals surface area contributed by atoms with Crippen molar-refractivity contribution in [2.24, 2.45) is 11.7 Å². The SMILES string of the molecule is CC1CN(Cc2cccc(OCc3ccc(F)cc3)c2)CC1N. The minimum absolute atomic E-state index is 0.228. The summed E-state index contributed by atoms with van der Waals surface area (Å²) in [5.74, 6) is 1.16. The average molecular weight is 314 g/mol. The van der Waals surface area contributed by atoms with E-state index in [1.165, 1.54) is 17.7 Å². The topological polar surface area (TPSA) is 38.5 Å². The molecule has 2 aromatic carbocycles. The minimum Gasteiger partial charge on any atom is -0.489 e. The van der Waals surface area contributed by atoms with Crippen LogP contribution in [0.1, 0.15) is 18.1 Å². The second-order valence-electron chi connectivity index (χ2n) is 6.40. The molecule has 0 amide bonds. The molecule has 122 valence electrons. The van der Waals surface area contributed by atoms with E-state index in [4.69, 9.17) is 10.5 Å². The van der Waals surface area contributed by atoms with Gasteiger partial charge in [0.25, 0.3) is 0 Å². The Morgan fingerprint density at radius 2 is 1.91 bits per heavy atom. The van der Waals surface area contributed by atoms with Crippen LogP contribution in [0.4, 0.5) is 4.39 Å². The summed E-state index contributed by atoms with van der Waals surface area (Å²) in [4.78, 5) is 2.38. The van der Waals surface area contributed by atoms with Crippen LogP contribution in [0.3, 0.4) is 0 Å². The quantitative estimate of drug-likeness (QED) is 0.921. The molecule has 3 rings (SSSR count). The third-order valence-electron chi connectivity index (χ3n) is 4.37. The lowest BCUT2D eigenvalue weighted by atomic mass is 10.1. The molecule has 2 unspecified atom stereocenters. The molecule has 0 aromatic heterocycles. The number of likely N-dealkylation sites (tertiary alicyclic amines) is 1. The fraction of sp³-hybridized carbons (Fsp3) is 0.368. The first kappa shape index (κ1) is 16.0. The van der Waals surface area contributed by atoms with Gasteiger partial charge in [0, 0.05) is 25.7 Å². The highest BCUT2D eigenvalue weighted by molar-refractivity contribution is 5.29. The van der Waals surface area contributed by atoms with Gasteiger partial charge in [0.05, 0.1) is 0 Å². The van der Waals surface area contributed by atoms with Gasteiger partial charge in [-0.15, -0.1) is 0 Å². The van der Waals surface area contributed by atoms with Crippen LogP contribution in [0.2, 0.25) is 0 Å². The number of hydrogen-bond acceptors (Lipinski definition) is 3. The molecule has 2 N–H and O–H groups in total. The number of hydrogen-bond donors (Lipinski definition) is 1. The second kappa shape index (κ2) is 7.11. The Balaban J connectivity index is 1.58. The molecule has 1 fully saturated rings. The summed E-state index contributed by atoms with van der Waals surface area (Å²) in [5.41, 5.74) is 8.26. The van der Waals surface area contributed by atoms with Crippen LogP contribution < -0.4 is 10.5 Å². The third-order valence-corrected chi connectivity index (χ3v) is 4.37. The Labute approximate surface area is 136 Å². The molecule has 0 spiro atoms. The minimum atomic E-state index is -0.228. The van der Waals surface area contributed by atoms with Crippen molar-refractivity contribution < 1.29 is 9.13 Å². The van der Waals surface area contributed by atoms with Crippen molar-refractivity contribution in [1.82, 2.24) is 4.90 Å². The normalized spacial score (nSPS) is 21.5. The second-order valence-corrected chi connectivity index (χ2v) is 6.40. The van der Waals surface area contributed by atoms with Crippen molar-refractivity contribution in [1.29, 1.82) is 0 Å².